The fourth-order valence-corrected chi connectivity index (χ4v) is 2.26. The van der Waals surface area contributed by atoms with Crippen LogP contribution in [0.25, 0.3) is 0 Å². The molecule has 0 aliphatic carbocycles. The lowest BCUT2D eigenvalue weighted by molar-refractivity contribution is 0.102. The van der Waals surface area contributed by atoms with Crippen LogP contribution in [-0.4, -0.2) is 15.7 Å². The van der Waals surface area contributed by atoms with E-state index in [0.717, 1.165) is 5.69 Å². The summed E-state index contributed by atoms with van der Waals surface area (Å²) in [6, 6.07) is 8.77. The first-order valence-electron chi connectivity index (χ1n) is 7.66. The predicted octanol–water partition coefficient (Wildman–Crippen LogP) is 4.84. The summed E-state index contributed by atoms with van der Waals surface area (Å²) < 4.78 is 1.86. The summed E-state index contributed by atoms with van der Waals surface area (Å²) in [5.74, 6) is 0.523. The van der Waals surface area contributed by atoms with Crippen LogP contribution in [0.3, 0.4) is 0 Å². The molecule has 0 unspecified atom stereocenters. The van der Waals surface area contributed by atoms with Crippen LogP contribution in [0.1, 0.15) is 57.6 Å². The first kappa shape index (κ1) is 17.5. The Morgan fingerprint density at radius 1 is 1.09 bits per heavy atom. The minimum absolute atomic E-state index is 0.0871. The van der Waals surface area contributed by atoms with Crippen molar-refractivity contribution in [1.82, 2.24) is 9.78 Å². The normalized spacial score (nSPS) is 12.3. The van der Waals surface area contributed by atoms with Gasteiger partial charge in [0, 0.05) is 22.1 Å². The van der Waals surface area contributed by atoms with Crippen molar-refractivity contribution in [2.45, 2.75) is 52.5 Å². The number of hydrogen-bond acceptors (Lipinski definition) is 2. The van der Waals surface area contributed by atoms with Gasteiger partial charge < -0.3 is 5.32 Å². The SMILES string of the molecule is CC(C)(C)c1cc(NC(=O)c2ccc(Cl)cc2)n(C(C)(C)C)n1. The van der Waals surface area contributed by atoms with Gasteiger partial charge in [0.2, 0.25) is 0 Å². The largest absolute Gasteiger partial charge is 0.307 e. The zero-order chi connectivity index (χ0) is 17.4. The molecule has 4 nitrogen and oxygen atoms in total. The summed E-state index contributed by atoms with van der Waals surface area (Å²) in [5.41, 5.74) is 1.19. The summed E-state index contributed by atoms with van der Waals surface area (Å²) in [6.45, 7) is 12.5. The molecule has 0 fully saturated rings. The second-order valence-electron chi connectivity index (χ2n) is 7.71. The molecule has 2 rings (SSSR count). The maximum atomic E-state index is 12.5. The second-order valence-corrected chi connectivity index (χ2v) is 8.14. The molecule has 0 aliphatic heterocycles. The Balaban J connectivity index is 2.36. The number of hydrogen-bond donors (Lipinski definition) is 1. The number of nitrogens with one attached hydrogen (secondary N) is 1. The maximum Gasteiger partial charge on any atom is 0.256 e. The average Bonchev–Trinajstić information content (AvgIpc) is 2.83. The van der Waals surface area contributed by atoms with Gasteiger partial charge in [-0.25, -0.2) is 4.68 Å². The fraction of sp³-hybridized carbons (Fsp3) is 0.444. The number of aromatic nitrogens is 2. The Kier molecular flexibility index (Phi) is 4.58. The standard InChI is InChI=1S/C18H24ClN3O/c1-17(2,3)14-11-15(22(21-14)18(4,5)6)20-16(23)12-7-9-13(19)10-8-12/h7-11H,1-6H3,(H,20,23). The van der Waals surface area contributed by atoms with Crippen LogP contribution < -0.4 is 5.32 Å². The van der Waals surface area contributed by atoms with E-state index in [2.05, 4.69) is 46.9 Å². The second kappa shape index (κ2) is 6.00. The molecule has 23 heavy (non-hydrogen) atoms. The molecule has 0 aliphatic rings. The van der Waals surface area contributed by atoms with E-state index in [1.165, 1.54) is 0 Å². The molecule has 2 aromatic rings. The molecule has 0 radical (unpaired) electrons. The number of anilines is 1. The van der Waals surface area contributed by atoms with E-state index in [0.29, 0.717) is 16.4 Å². The van der Waals surface area contributed by atoms with Crippen LogP contribution in [0.15, 0.2) is 30.3 Å². The first-order valence-corrected chi connectivity index (χ1v) is 8.04. The van der Waals surface area contributed by atoms with Crippen molar-refractivity contribution in [3.63, 3.8) is 0 Å². The minimum Gasteiger partial charge on any atom is -0.307 e. The van der Waals surface area contributed by atoms with Crippen molar-refractivity contribution in [3.8, 4) is 0 Å². The highest BCUT2D eigenvalue weighted by Gasteiger charge is 2.25. The predicted molar refractivity (Wildman–Crippen MR) is 95.3 cm³/mol. The van der Waals surface area contributed by atoms with E-state index < -0.39 is 0 Å². The summed E-state index contributed by atoms with van der Waals surface area (Å²) in [5, 5.41) is 8.27. The fourth-order valence-electron chi connectivity index (χ4n) is 2.14. The Morgan fingerprint density at radius 2 is 1.65 bits per heavy atom. The van der Waals surface area contributed by atoms with E-state index in [1.54, 1.807) is 24.3 Å². The van der Waals surface area contributed by atoms with Gasteiger partial charge in [-0.2, -0.15) is 5.10 Å². The van der Waals surface area contributed by atoms with Crippen LogP contribution in [0, 0.1) is 0 Å². The zero-order valence-electron chi connectivity index (χ0n) is 14.6. The van der Waals surface area contributed by atoms with Gasteiger partial charge in [-0.05, 0) is 45.0 Å². The Bertz CT molecular complexity index is 703. The molecule has 0 saturated carbocycles. The molecule has 1 N–H and O–H groups in total. The number of nitrogens with zero attached hydrogens (tertiary/aromatic N) is 2. The number of rotatable bonds is 2. The molecule has 1 aromatic heterocycles. The minimum atomic E-state index is -0.230. The molecule has 1 heterocycles. The van der Waals surface area contributed by atoms with Crippen LogP contribution in [0.5, 0.6) is 0 Å². The number of carbonyl (C=O) groups is 1. The third-order valence-electron chi connectivity index (χ3n) is 3.46. The lowest BCUT2D eigenvalue weighted by Gasteiger charge is -2.23. The molecule has 0 saturated heterocycles. The summed E-state index contributed by atoms with van der Waals surface area (Å²) in [7, 11) is 0. The van der Waals surface area contributed by atoms with E-state index in [1.807, 2.05) is 10.7 Å². The van der Waals surface area contributed by atoms with Gasteiger partial charge in [0.05, 0.1) is 11.2 Å². The topological polar surface area (TPSA) is 46.9 Å². The highest BCUT2D eigenvalue weighted by molar-refractivity contribution is 6.30. The van der Waals surface area contributed by atoms with Crippen LogP contribution >= 0.6 is 11.6 Å². The van der Waals surface area contributed by atoms with Crippen molar-refractivity contribution < 1.29 is 4.79 Å². The molecule has 1 aromatic carbocycles. The Morgan fingerprint density at radius 3 is 2.13 bits per heavy atom. The molecule has 0 bridgehead atoms. The Labute approximate surface area is 142 Å². The number of halogens is 1. The van der Waals surface area contributed by atoms with E-state index in [-0.39, 0.29) is 16.9 Å². The molecule has 5 heteroatoms. The van der Waals surface area contributed by atoms with E-state index in [9.17, 15) is 4.79 Å². The third-order valence-corrected chi connectivity index (χ3v) is 3.71. The highest BCUT2D eigenvalue weighted by Crippen LogP contribution is 2.28. The van der Waals surface area contributed by atoms with Crippen molar-refractivity contribution in [3.05, 3.63) is 46.6 Å². The lowest BCUT2D eigenvalue weighted by Crippen LogP contribution is -2.27. The van der Waals surface area contributed by atoms with Gasteiger partial charge in [-0.3, -0.25) is 4.79 Å². The summed E-state index contributed by atoms with van der Waals surface area (Å²) in [6.07, 6.45) is 0. The zero-order valence-corrected chi connectivity index (χ0v) is 15.3. The van der Waals surface area contributed by atoms with E-state index >= 15 is 0 Å². The summed E-state index contributed by atoms with van der Waals surface area (Å²) in [4.78, 5) is 12.5. The van der Waals surface area contributed by atoms with Crippen molar-refractivity contribution >= 4 is 23.3 Å². The van der Waals surface area contributed by atoms with Gasteiger partial charge >= 0.3 is 0 Å². The number of benzene rings is 1. The van der Waals surface area contributed by atoms with Gasteiger partial charge in [-0.15, -0.1) is 0 Å². The van der Waals surface area contributed by atoms with Gasteiger partial charge in [0.25, 0.3) is 5.91 Å². The smallest absolute Gasteiger partial charge is 0.256 e. The third kappa shape index (κ3) is 4.14. The Hall–Kier alpha value is -1.81. The first-order chi connectivity index (χ1) is 10.5. The molecule has 124 valence electrons. The highest BCUT2D eigenvalue weighted by atomic mass is 35.5. The molecular formula is C18H24ClN3O. The summed E-state index contributed by atoms with van der Waals surface area (Å²) >= 11 is 5.87. The van der Waals surface area contributed by atoms with Crippen molar-refractivity contribution in [1.29, 1.82) is 0 Å². The molecule has 0 atom stereocenters. The van der Waals surface area contributed by atoms with Gasteiger partial charge in [0.1, 0.15) is 5.82 Å². The van der Waals surface area contributed by atoms with Crippen molar-refractivity contribution in [2.24, 2.45) is 0 Å². The van der Waals surface area contributed by atoms with Gasteiger partial charge in [0.15, 0.2) is 0 Å². The number of carbonyl (C=O) groups excluding carboxylic acids is 1. The molecule has 1 amide bonds. The monoisotopic (exact) mass is 333 g/mol. The molecule has 0 spiro atoms. The maximum absolute atomic E-state index is 12.5. The lowest BCUT2D eigenvalue weighted by atomic mass is 9.92. The van der Waals surface area contributed by atoms with Crippen LogP contribution in [0.2, 0.25) is 5.02 Å². The van der Waals surface area contributed by atoms with Crippen LogP contribution in [-0.2, 0) is 11.0 Å². The van der Waals surface area contributed by atoms with E-state index in [4.69, 9.17) is 16.7 Å². The van der Waals surface area contributed by atoms with Crippen LogP contribution in [0.4, 0.5) is 5.82 Å². The van der Waals surface area contributed by atoms with Crippen molar-refractivity contribution in [2.75, 3.05) is 5.32 Å². The number of amides is 1. The quantitative estimate of drug-likeness (QED) is 0.854. The molecular weight excluding hydrogens is 310 g/mol. The average molecular weight is 334 g/mol. The van der Waals surface area contributed by atoms with Gasteiger partial charge in [-0.1, -0.05) is 32.4 Å².